The van der Waals surface area contributed by atoms with Crippen LogP contribution in [0.4, 0.5) is 0 Å². The summed E-state index contributed by atoms with van der Waals surface area (Å²) in [5, 5.41) is 0. The summed E-state index contributed by atoms with van der Waals surface area (Å²) >= 11 is 3.53. The maximum atomic E-state index is 13.1. The molecular weight excluding hydrogens is 316 g/mol. The molecule has 3 rings (SSSR count). The number of ether oxygens (including phenoxy) is 1. The Bertz CT molecular complexity index is 481. The first-order valence-electron chi connectivity index (χ1n) is 7.55. The Hall–Kier alpha value is -0.410. The third-order valence-electron chi connectivity index (χ3n) is 6.15. The van der Waals surface area contributed by atoms with Crippen molar-refractivity contribution in [3.63, 3.8) is 0 Å². The van der Waals surface area contributed by atoms with Gasteiger partial charge in [-0.2, -0.15) is 0 Å². The van der Waals surface area contributed by atoms with Crippen LogP contribution in [-0.4, -0.2) is 19.0 Å². The molecule has 0 aromatic rings. The largest absolute Gasteiger partial charge is 0.381 e. The summed E-state index contributed by atoms with van der Waals surface area (Å²) < 4.78 is 6.54. The Morgan fingerprint density at radius 3 is 2.55 bits per heavy atom. The van der Waals surface area contributed by atoms with E-state index in [1.165, 1.54) is 0 Å². The van der Waals surface area contributed by atoms with Crippen molar-refractivity contribution < 1.29 is 9.53 Å². The summed E-state index contributed by atoms with van der Waals surface area (Å²) in [5.41, 5.74) is -0.121. The van der Waals surface area contributed by atoms with Gasteiger partial charge in [-0.1, -0.05) is 48.0 Å². The molecule has 3 heteroatoms. The molecule has 2 unspecified atom stereocenters. The first kappa shape index (κ1) is 14.5. The SMILES string of the molecule is COC1CCC2(CC1)C(=O)C1C=C(Br)C=CC1C2(C)C. The average molecular weight is 339 g/mol. The highest BCUT2D eigenvalue weighted by atomic mass is 79.9. The van der Waals surface area contributed by atoms with E-state index in [0.29, 0.717) is 17.8 Å². The lowest BCUT2D eigenvalue weighted by molar-refractivity contribution is -0.135. The summed E-state index contributed by atoms with van der Waals surface area (Å²) in [7, 11) is 1.78. The van der Waals surface area contributed by atoms with E-state index in [2.05, 4.69) is 48.0 Å². The number of carbonyl (C=O) groups is 1. The van der Waals surface area contributed by atoms with E-state index < -0.39 is 0 Å². The van der Waals surface area contributed by atoms with Crippen LogP contribution in [0.5, 0.6) is 0 Å². The van der Waals surface area contributed by atoms with E-state index in [0.717, 1.165) is 30.2 Å². The molecule has 0 aliphatic heterocycles. The molecule has 2 saturated carbocycles. The smallest absolute Gasteiger partial charge is 0.147 e. The van der Waals surface area contributed by atoms with Crippen LogP contribution in [0.1, 0.15) is 39.5 Å². The predicted octanol–water partition coefficient (Wildman–Crippen LogP) is 4.25. The molecule has 3 aliphatic carbocycles. The monoisotopic (exact) mass is 338 g/mol. The van der Waals surface area contributed by atoms with Crippen LogP contribution in [0, 0.1) is 22.7 Å². The van der Waals surface area contributed by atoms with Crippen molar-refractivity contribution in [2.45, 2.75) is 45.6 Å². The standard InChI is InChI=1S/C17H23BrO2/c1-16(2)14-5-4-11(18)10-13(14)15(19)17(16)8-6-12(20-3)7-9-17/h4-5,10,12-14H,6-9H2,1-3H3. The highest BCUT2D eigenvalue weighted by Gasteiger charge is 2.63. The zero-order valence-corrected chi connectivity index (χ0v) is 14.1. The number of ketones is 1. The zero-order chi connectivity index (χ0) is 14.5. The Kier molecular flexibility index (Phi) is 3.49. The highest BCUT2D eigenvalue weighted by molar-refractivity contribution is 9.11. The lowest BCUT2D eigenvalue weighted by Crippen LogP contribution is -2.44. The van der Waals surface area contributed by atoms with E-state index in [9.17, 15) is 4.79 Å². The number of rotatable bonds is 1. The van der Waals surface area contributed by atoms with Crippen LogP contribution in [0.15, 0.2) is 22.7 Å². The molecule has 0 amide bonds. The third kappa shape index (κ3) is 1.82. The van der Waals surface area contributed by atoms with Gasteiger partial charge in [0.25, 0.3) is 0 Å². The van der Waals surface area contributed by atoms with Gasteiger partial charge in [0.05, 0.1) is 6.10 Å². The van der Waals surface area contributed by atoms with Gasteiger partial charge in [0.2, 0.25) is 0 Å². The summed E-state index contributed by atoms with van der Waals surface area (Å²) in [6.45, 7) is 4.58. The maximum Gasteiger partial charge on any atom is 0.147 e. The van der Waals surface area contributed by atoms with Crippen LogP contribution < -0.4 is 0 Å². The van der Waals surface area contributed by atoms with E-state index in [1.807, 2.05) is 0 Å². The molecule has 110 valence electrons. The molecule has 2 nitrogen and oxygen atoms in total. The van der Waals surface area contributed by atoms with E-state index in [-0.39, 0.29) is 16.7 Å². The van der Waals surface area contributed by atoms with Crippen molar-refractivity contribution in [2.75, 3.05) is 7.11 Å². The molecule has 3 aliphatic rings. The van der Waals surface area contributed by atoms with Gasteiger partial charge in [-0.3, -0.25) is 4.79 Å². The van der Waals surface area contributed by atoms with Gasteiger partial charge in [-0.15, -0.1) is 0 Å². The minimum atomic E-state index is -0.157. The molecule has 0 heterocycles. The topological polar surface area (TPSA) is 26.3 Å². The number of hydrogen-bond donors (Lipinski definition) is 0. The third-order valence-corrected chi connectivity index (χ3v) is 6.68. The fourth-order valence-corrected chi connectivity index (χ4v) is 5.18. The van der Waals surface area contributed by atoms with Crippen molar-refractivity contribution in [1.82, 2.24) is 0 Å². The number of methoxy groups -OCH3 is 1. The minimum Gasteiger partial charge on any atom is -0.381 e. The van der Waals surface area contributed by atoms with Crippen molar-refractivity contribution in [2.24, 2.45) is 22.7 Å². The lowest BCUT2D eigenvalue weighted by atomic mass is 9.57. The van der Waals surface area contributed by atoms with Crippen LogP contribution in [0.3, 0.4) is 0 Å². The van der Waals surface area contributed by atoms with E-state index >= 15 is 0 Å². The lowest BCUT2D eigenvalue weighted by Gasteiger charge is -2.46. The molecule has 0 N–H and O–H groups in total. The molecule has 20 heavy (non-hydrogen) atoms. The first-order valence-corrected chi connectivity index (χ1v) is 8.34. The second kappa shape index (κ2) is 4.81. The van der Waals surface area contributed by atoms with Gasteiger partial charge in [0, 0.05) is 22.9 Å². The van der Waals surface area contributed by atoms with Gasteiger partial charge in [-0.05, 0) is 37.0 Å². The maximum absolute atomic E-state index is 13.1. The van der Waals surface area contributed by atoms with Crippen molar-refractivity contribution >= 4 is 21.7 Å². The van der Waals surface area contributed by atoms with Crippen LogP contribution in [0.2, 0.25) is 0 Å². The highest BCUT2D eigenvalue weighted by Crippen LogP contribution is 2.63. The molecular formula is C17H23BrO2. The number of allylic oxidation sites excluding steroid dienone is 4. The van der Waals surface area contributed by atoms with Crippen LogP contribution in [-0.2, 0) is 9.53 Å². The Morgan fingerprint density at radius 2 is 1.95 bits per heavy atom. The summed E-state index contributed by atoms with van der Waals surface area (Å²) in [6.07, 6.45) is 10.8. The molecule has 0 aromatic heterocycles. The van der Waals surface area contributed by atoms with Gasteiger partial charge >= 0.3 is 0 Å². The molecule has 0 radical (unpaired) electrons. The van der Waals surface area contributed by atoms with Crippen molar-refractivity contribution in [1.29, 1.82) is 0 Å². The van der Waals surface area contributed by atoms with E-state index in [1.54, 1.807) is 7.11 Å². The van der Waals surface area contributed by atoms with E-state index in [4.69, 9.17) is 4.74 Å². The molecule has 2 atom stereocenters. The summed E-state index contributed by atoms with van der Waals surface area (Å²) in [5.74, 6) is 0.863. The Morgan fingerprint density at radius 1 is 1.30 bits per heavy atom. The molecule has 0 saturated heterocycles. The fourth-order valence-electron chi connectivity index (χ4n) is 4.74. The van der Waals surface area contributed by atoms with Crippen LogP contribution in [0.25, 0.3) is 0 Å². The van der Waals surface area contributed by atoms with Crippen molar-refractivity contribution in [3.05, 3.63) is 22.7 Å². The zero-order valence-electron chi connectivity index (χ0n) is 12.5. The average Bonchev–Trinajstić information content (AvgIpc) is 2.59. The van der Waals surface area contributed by atoms with Gasteiger partial charge < -0.3 is 4.74 Å². The number of carbonyl (C=O) groups excluding carboxylic acids is 1. The fraction of sp³-hybridized carbons (Fsp3) is 0.706. The number of fused-ring (bicyclic) bond motifs is 1. The van der Waals surface area contributed by atoms with Gasteiger partial charge in [-0.25, -0.2) is 0 Å². The Balaban J connectivity index is 1.96. The molecule has 2 fully saturated rings. The van der Waals surface area contributed by atoms with Gasteiger partial charge in [0.15, 0.2) is 0 Å². The van der Waals surface area contributed by atoms with Crippen molar-refractivity contribution in [3.8, 4) is 0 Å². The summed E-state index contributed by atoms with van der Waals surface area (Å²) in [6, 6.07) is 0. The number of Topliss-reactive ketones (excluding diaryl/α,β-unsaturated/α-hetero) is 1. The number of hydrogen-bond acceptors (Lipinski definition) is 2. The molecule has 0 bridgehead atoms. The minimum absolute atomic E-state index is 0.0359. The van der Waals surface area contributed by atoms with Crippen LogP contribution >= 0.6 is 15.9 Å². The predicted molar refractivity (Wildman–Crippen MR) is 83.6 cm³/mol. The normalized spacial score (nSPS) is 42.7. The second-order valence-electron chi connectivity index (χ2n) is 7.07. The summed E-state index contributed by atoms with van der Waals surface area (Å²) in [4.78, 5) is 13.1. The quantitative estimate of drug-likeness (QED) is 0.714. The Labute approximate surface area is 129 Å². The van der Waals surface area contributed by atoms with Gasteiger partial charge in [0.1, 0.15) is 5.78 Å². The second-order valence-corrected chi connectivity index (χ2v) is 7.98. The molecule has 1 spiro atoms. The molecule has 0 aromatic carbocycles. The first-order chi connectivity index (χ1) is 9.42. The number of halogens is 1.